The van der Waals surface area contributed by atoms with Crippen molar-refractivity contribution >= 4 is 11.8 Å². The first-order valence-corrected chi connectivity index (χ1v) is 7.62. The fourth-order valence-corrected chi connectivity index (χ4v) is 1.65. The van der Waals surface area contributed by atoms with Crippen LogP contribution in [-0.2, 0) is 14.3 Å². The van der Waals surface area contributed by atoms with E-state index in [1.54, 1.807) is 13.8 Å². The molecule has 0 rings (SSSR count). The van der Waals surface area contributed by atoms with Crippen LogP contribution in [0.4, 0.5) is 0 Å². The third-order valence-corrected chi connectivity index (χ3v) is 3.71. The molecule has 0 spiro atoms. The van der Waals surface area contributed by atoms with E-state index in [-0.39, 0.29) is 18.2 Å². The Morgan fingerprint density at radius 3 is 1.95 bits per heavy atom. The number of carbonyl (C=O) groups excluding carboxylic acids is 2. The third-order valence-electron chi connectivity index (χ3n) is 3.71. The molecule has 0 radical (unpaired) electrons. The van der Waals surface area contributed by atoms with Gasteiger partial charge in [0.1, 0.15) is 16.7 Å². The van der Waals surface area contributed by atoms with E-state index in [2.05, 4.69) is 5.32 Å². The van der Waals surface area contributed by atoms with Crippen molar-refractivity contribution < 1.29 is 19.4 Å². The molecule has 2 atom stereocenters. The van der Waals surface area contributed by atoms with Gasteiger partial charge >= 0.3 is 5.97 Å². The van der Waals surface area contributed by atoms with Crippen LogP contribution in [0.5, 0.6) is 0 Å². The molecular weight excluding hydrogens is 270 g/mol. The van der Waals surface area contributed by atoms with Gasteiger partial charge in [-0.25, -0.2) is 0 Å². The minimum atomic E-state index is -1.30. The maximum Gasteiger partial charge on any atom is 0.326 e. The van der Waals surface area contributed by atoms with Crippen molar-refractivity contribution in [2.75, 3.05) is 6.54 Å². The molecule has 0 aliphatic rings. The minimum absolute atomic E-state index is 0.180. The van der Waals surface area contributed by atoms with Crippen molar-refractivity contribution in [3.8, 4) is 0 Å². The zero-order chi connectivity index (χ0) is 16.9. The van der Waals surface area contributed by atoms with E-state index in [4.69, 9.17) is 4.74 Å². The Hall–Kier alpha value is -0.940. The van der Waals surface area contributed by atoms with Crippen LogP contribution in [-0.4, -0.2) is 40.1 Å². The summed E-state index contributed by atoms with van der Waals surface area (Å²) in [4.78, 5) is 24.1. The predicted octanol–water partition coefficient (Wildman–Crippen LogP) is 2.21. The summed E-state index contributed by atoms with van der Waals surface area (Å²) in [5.74, 6) is -0.549. The summed E-state index contributed by atoms with van der Waals surface area (Å²) in [6.45, 7) is 12.7. The van der Waals surface area contributed by atoms with Crippen molar-refractivity contribution in [1.82, 2.24) is 5.32 Å². The molecule has 0 heterocycles. The van der Waals surface area contributed by atoms with Gasteiger partial charge in [0.15, 0.2) is 5.78 Å². The van der Waals surface area contributed by atoms with Gasteiger partial charge in [0, 0.05) is 13.0 Å². The second-order valence-corrected chi connectivity index (χ2v) is 6.91. The van der Waals surface area contributed by atoms with E-state index in [0.29, 0.717) is 19.4 Å². The van der Waals surface area contributed by atoms with Gasteiger partial charge in [0.2, 0.25) is 0 Å². The fraction of sp³-hybridized carbons (Fsp3) is 0.875. The highest BCUT2D eigenvalue weighted by molar-refractivity contribution is 5.86. The van der Waals surface area contributed by atoms with Gasteiger partial charge in [-0.3, -0.25) is 9.59 Å². The van der Waals surface area contributed by atoms with Gasteiger partial charge in [-0.15, -0.1) is 0 Å². The molecule has 21 heavy (non-hydrogen) atoms. The smallest absolute Gasteiger partial charge is 0.326 e. The number of hydrogen-bond donors (Lipinski definition) is 2. The van der Waals surface area contributed by atoms with Crippen LogP contribution in [0.25, 0.3) is 0 Å². The van der Waals surface area contributed by atoms with Gasteiger partial charge in [0.05, 0.1) is 0 Å². The zero-order valence-electron chi connectivity index (χ0n) is 14.5. The standard InChI is InChI=1S/C16H31NO4/c1-8-15(6,13(19)21-14(3,4)5)17-11-10-12(18)16(7,20)9-2/h17,20H,8-11H2,1-7H3. The van der Waals surface area contributed by atoms with Gasteiger partial charge < -0.3 is 15.2 Å². The van der Waals surface area contributed by atoms with Crippen LogP contribution in [0, 0.1) is 0 Å². The quantitative estimate of drug-likeness (QED) is 0.672. The zero-order valence-corrected chi connectivity index (χ0v) is 14.5. The summed E-state index contributed by atoms with van der Waals surface area (Å²) in [7, 11) is 0. The van der Waals surface area contributed by atoms with Crippen molar-refractivity contribution in [2.45, 2.75) is 84.5 Å². The topological polar surface area (TPSA) is 75.6 Å². The third kappa shape index (κ3) is 6.57. The lowest BCUT2D eigenvalue weighted by Gasteiger charge is -2.31. The lowest BCUT2D eigenvalue weighted by molar-refractivity contribution is -0.162. The largest absolute Gasteiger partial charge is 0.459 e. The maximum absolute atomic E-state index is 12.2. The average molecular weight is 301 g/mol. The Morgan fingerprint density at radius 2 is 1.57 bits per heavy atom. The Morgan fingerprint density at radius 1 is 1.05 bits per heavy atom. The lowest BCUT2D eigenvalue weighted by Crippen LogP contribution is -2.52. The van der Waals surface area contributed by atoms with Gasteiger partial charge in [-0.05, 0) is 47.5 Å². The molecule has 5 nitrogen and oxygen atoms in total. The number of nitrogens with one attached hydrogen (secondary N) is 1. The summed E-state index contributed by atoms with van der Waals surface area (Å²) in [6, 6.07) is 0. The molecule has 0 aromatic carbocycles. The van der Waals surface area contributed by atoms with Crippen molar-refractivity contribution in [3.05, 3.63) is 0 Å². The van der Waals surface area contributed by atoms with Crippen molar-refractivity contribution in [1.29, 1.82) is 0 Å². The van der Waals surface area contributed by atoms with Gasteiger partial charge in [0.25, 0.3) is 0 Å². The first-order valence-electron chi connectivity index (χ1n) is 7.62. The van der Waals surface area contributed by atoms with Crippen LogP contribution < -0.4 is 5.32 Å². The van der Waals surface area contributed by atoms with Crippen molar-refractivity contribution in [3.63, 3.8) is 0 Å². The van der Waals surface area contributed by atoms with Gasteiger partial charge in [-0.2, -0.15) is 0 Å². The van der Waals surface area contributed by atoms with Crippen molar-refractivity contribution in [2.24, 2.45) is 0 Å². The lowest BCUT2D eigenvalue weighted by atomic mass is 9.94. The van der Waals surface area contributed by atoms with E-state index < -0.39 is 16.7 Å². The predicted molar refractivity (Wildman–Crippen MR) is 83.1 cm³/mol. The molecule has 0 aromatic heterocycles. The molecule has 0 saturated carbocycles. The Kier molecular flexibility index (Phi) is 7.03. The van der Waals surface area contributed by atoms with E-state index >= 15 is 0 Å². The van der Waals surface area contributed by atoms with Crippen LogP contribution in [0.2, 0.25) is 0 Å². The summed E-state index contributed by atoms with van der Waals surface area (Å²) >= 11 is 0. The Labute approximate surface area is 128 Å². The molecule has 0 amide bonds. The number of esters is 1. The van der Waals surface area contributed by atoms with Crippen LogP contribution in [0.1, 0.15) is 67.7 Å². The Balaban J connectivity index is 4.57. The number of ether oxygens (including phenoxy) is 1. The molecule has 0 aliphatic carbocycles. The molecule has 0 saturated heterocycles. The first-order chi connectivity index (χ1) is 9.38. The summed E-state index contributed by atoms with van der Waals surface area (Å²) in [5.41, 5.74) is -2.67. The monoisotopic (exact) mass is 301 g/mol. The molecule has 0 aromatic rings. The SMILES string of the molecule is CCC(C)(O)C(=O)CCNC(C)(CC)C(=O)OC(C)(C)C. The molecular formula is C16H31NO4. The van der Waals surface area contributed by atoms with Gasteiger partial charge in [-0.1, -0.05) is 13.8 Å². The fourth-order valence-electron chi connectivity index (χ4n) is 1.65. The highest BCUT2D eigenvalue weighted by Gasteiger charge is 2.35. The molecule has 0 bridgehead atoms. The molecule has 2 N–H and O–H groups in total. The van der Waals surface area contributed by atoms with Crippen LogP contribution >= 0.6 is 0 Å². The van der Waals surface area contributed by atoms with Crippen LogP contribution in [0.15, 0.2) is 0 Å². The summed E-state index contributed by atoms with van der Waals surface area (Å²) < 4.78 is 5.40. The Bertz CT molecular complexity index is 371. The molecule has 124 valence electrons. The highest BCUT2D eigenvalue weighted by atomic mass is 16.6. The molecule has 0 fully saturated rings. The summed E-state index contributed by atoms with van der Waals surface area (Å²) in [5, 5.41) is 13.0. The number of carbonyl (C=O) groups is 2. The summed E-state index contributed by atoms with van der Waals surface area (Å²) in [6.07, 6.45) is 1.11. The van der Waals surface area contributed by atoms with E-state index in [1.807, 2.05) is 27.7 Å². The number of aliphatic hydroxyl groups is 1. The second kappa shape index (κ2) is 7.36. The second-order valence-electron chi connectivity index (χ2n) is 6.91. The number of ketones is 1. The minimum Gasteiger partial charge on any atom is -0.459 e. The first kappa shape index (κ1) is 20.1. The van der Waals surface area contributed by atoms with Crippen LogP contribution in [0.3, 0.4) is 0 Å². The van der Waals surface area contributed by atoms with E-state index in [1.165, 1.54) is 6.92 Å². The van der Waals surface area contributed by atoms with E-state index in [0.717, 1.165) is 0 Å². The number of rotatable bonds is 8. The number of hydrogen-bond acceptors (Lipinski definition) is 5. The maximum atomic E-state index is 12.2. The number of Topliss-reactive ketones (excluding diaryl/α,β-unsaturated/α-hetero) is 1. The molecule has 0 aliphatic heterocycles. The average Bonchev–Trinajstić information content (AvgIpc) is 2.36. The molecule has 2 unspecified atom stereocenters. The van der Waals surface area contributed by atoms with E-state index in [9.17, 15) is 14.7 Å². The highest BCUT2D eigenvalue weighted by Crippen LogP contribution is 2.18. The molecule has 5 heteroatoms. The normalized spacial score (nSPS) is 17.7.